The van der Waals surface area contributed by atoms with Crippen LogP contribution < -0.4 is 15.9 Å². The Labute approximate surface area is 192 Å². The molecule has 0 amide bonds. The zero-order valence-corrected chi connectivity index (χ0v) is 17.9. The lowest BCUT2D eigenvalue weighted by Crippen LogP contribution is -2.47. The topological polar surface area (TPSA) is 106 Å². The van der Waals surface area contributed by atoms with E-state index in [0.29, 0.717) is 45.9 Å². The summed E-state index contributed by atoms with van der Waals surface area (Å²) < 4.78 is 47.6. The van der Waals surface area contributed by atoms with Crippen molar-refractivity contribution in [3.63, 3.8) is 0 Å². The Balaban J connectivity index is 1.69. The van der Waals surface area contributed by atoms with Gasteiger partial charge in [0.2, 0.25) is 5.43 Å². The number of alkyl halides is 3. The molecule has 0 aliphatic rings. The third kappa shape index (κ3) is 5.06. The van der Waals surface area contributed by atoms with E-state index in [-0.39, 0.29) is 24.4 Å². The van der Waals surface area contributed by atoms with Crippen molar-refractivity contribution in [3.8, 4) is 16.9 Å². The number of fused-ring (bicyclic) bond motifs is 2. The number of hydrogen-bond donors (Lipinski definition) is 3. The van der Waals surface area contributed by atoms with Crippen molar-refractivity contribution in [2.75, 3.05) is 13.2 Å². The Morgan fingerprint density at radius 3 is 2.32 bits per heavy atom. The fourth-order valence-corrected chi connectivity index (χ4v) is 3.71. The summed E-state index contributed by atoms with van der Waals surface area (Å²) in [4.78, 5) is 13.1. The normalized spacial score (nSPS) is 12.4. The second kappa shape index (κ2) is 9.09. The second-order valence-electron chi connectivity index (χ2n) is 8.23. The molecule has 0 fully saturated rings. The maximum absolute atomic E-state index is 13.1. The van der Waals surface area contributed by atoms with Gasteiger partial charge in [0.05, 0.1) is 29.5 Å². The summed E-state index contributed by atoms with van der Waals surface area (Å²) in [5.74, 6) is -0.346. The lowest BCUT2D eigenvalue weighted by Gasteiger charge is -2.24. The number of aryl methyl sites for hydroxylation is 1. The van der Waals surface area contributed by atoms with Crippen LogP contribution in [-0.2, 0) is 6.42 Å². The first-order chi connectivity index (χ1) is 16.1. The lowest BCUT2D eigenvalue weighted by atomic mass is 9.93. The highest BCUT2D eigenvalue weighted by molar-refractivity contribution is 5.92. The van der Waals surface area contributed by atoms with Crippen molar-refractivity contribution >= 4 is 21.9 Å². The van der Waals surface area contributed by atoms with Gasteiger partial charge < -0.3 is 25.1 Å². The molecule has 34 heavy (non-hydrogen) atoms. The Morgan fingerprint density at radius 1 is 0.882 bits per heavy atom. The summed E-state index contributed by atoms with van der Waals surface area (Å²) in [5, 5.41) is 19.4. The zero-order chi connectivity index (χ0) is 24.5. The van der Waals surface area contributed by atoms with Crippen LogP contribution in [0.4, 0.5) is 13.2 Å². The molecule has 4 rings (SSSR count). The maximum Gasteiger partial charge on any atom is 0.573 e. The third-order valence-corrected chi connectivity index (χ3v) is 5.68. The lowest BCUT2D eigenvalue weighted by molar-refractivity contribution is -0.274. The zero-order valence-electron chi connectivity index (χ0n) is 17.9. The van der Waals surface area contributed by atoms with Crippen LogP contribution in [0.2, 0.25) is 0 Å². The van der Waals surface area contributed by atoms with E-state index < -0.39 is 11.9 Å². The van der Waals surface area contributed by atoms with Crippen molar-refractivity contribution in [1.29, 1.82) is 0 Å². The maximum atomic E-state index is 13.1. The Morgan fingerprint density at radius 2 is 1.62 bits per heavy atom. The van der Waals surface area contributed by atoms with Crippen molar-refractivity contribution in [2.45, 2.75) is 24.7 Å². The monoisotopic (exact) mass is 473 g/mol. The van der Waals surface area contributed by atoms with Gasteiger partial charge in [-0.1, -0.05) is 24.3 Å². The van der Waals surface area contributed by atoms with Crippen LogP contribution in [0.15, 0.2) is 69.9 Å². The molecule has 0 unspecified atom stereocenters. The molecule has 0 spiro atoms. The van der Waals surface area contributed by atoms with Crippen LogP contribution in [-0.4, -0.2) is 35.3 Å². The number of benzene rings is 3. The van der Waals surface area contributed by atoms with Gasteiger partial charge in [-0.3, -0.25) is 4.79 Å². The van der Waals surface area contributed by atoms with Crippen molar-refractivity contribution in [2.24, 2.45) is 5.73 Å². The molecule has 0 saturated heterocycles. The fraction of sp³-hybridized carbons (Fsp3) is 0.240. The average Bonchev–Trinajstić information content (AvgIpc) is 2.81. The molecule has 6 nitrogen and oxygen atoms in total. The van der Waals surface area contributed by atoms with Crippen LogP contribution >= 0.6 is 0 Å². The smallest absolute Gasteiger partial charge is 0.456 e. The number of ether oxygens (including phenoxy) is 1. The molecule has 0 aliphatic carbocycles. The Hall–Kier alpha value is -3.40. The van der Waals surface area contributed by atoms with Gasteiger partial charge in [0, 0.05) is 0 Å². The number of hydrogen-bond acceptors (Lipinski definition) is 6. The standard InChI is InChI=1S/C25H22F3NO5/c26-25(27,28)34-18-3-1-2-16(11-18)17-5-6-19-22(12-17)33-21-7-4-15(10-20(21)23(19)32)8-9-24(29,13-30)14-31/h1-7,10-12,30-31H,8-9,13-14,29H2. The Bertz CT molecular complexity index is 1390. The number of rotatable bonds is 7. The number of nitrogens with two attached hydrogens (primary N) is 1. The van der Waals surface area contributed by atoms with Crippen molar-refractivity contribution < 1.29 is 32.5 Å². The quantitative estimate of drug-likeness (QED) is 0.349. The molecule has 0 saturated carbocycles. The van der Waals surface area contributed by atoms with Gasteiger partial charge in [0.25, 0.3) is 0 Å². The summed E-state index contributed by atoms with van der Waals surface area (Å²) in [6.07, 6.45) is -4.03. The van der Waals surface area contributed by atoms with E-state index in [2.05, 4.69) is 4.74 Å². The molecule has 1 aromatic heterocycles. The SMILES string of the molecule is NC(CO)(CO)CCc1ccc2oc3cc(-c4cccc(OC(F)(F)F)c4)ccc3c(=O)c2c1. The summed E-state index contributed by atoms with van der Waals surface area (Å²) in [7, 11) is 0. The molecule has 3 aromatic carbocycles. The van der Waals surface area contributed by atoms with Gasteiger partial charge in [-0.2, -0.15) is 0 Å². The molecule has 4 N–H and O–H groups in total. The number of aliphatic hydroxyl groups excluding tert-OH is 2. The Kier molecular flexibility index (Phi) is 6.35. The number of aliphatic hydroxyl groups is 2. The highest BCUT2D eigenvalue weighted by atomic mass is 19.4. The van der Waals surface area contributed by atoms with E-state index in [1.165, 1.54) is 18.2 Å². The summed E-state index contributed by atoms with van der Waals surface area (Å²) in [6, 6.07) is 15.5. The van der Waals surface area contributed by atoms with Gasteiger partial charge >= 0.3 is 6.36 Å². The van der Waals surface area contributed by atoms with E-state index in [9.17, 15) is 28.2 Å². The molecular formula is C25H22F3NO5. The van der Waals surface area contributed by atoms with Gasteiger partial charge in [-0.15, -0.1) is 13.2 Å². The van der Waals surface area contributed by atoms with Crippen molar-refractivity contribution in [3.05, 3.63) is 76.5 Å². The van der Waals surface area contributed by atoms with E-state index in [1.54, 1.807) is 42.5 Å². The molecule has 0 bridgehead atoms. The first-order valence-electron chi connectivity index (χ1n) is 10.5. The van der Waals surface area contributed by atoms with E-state index >= 15 is 0 Å². The minimum Gasteiger partial charge on any atom is -0.456 e. The summed E-state index contributed by atoms with van der Waals surface area (Å²) in [6.45, 7) is -0.727. The highest BCUT2D eigenvalue weighted by Gasteiger charge is 2.31. The molecule has 178 valence electrons. The van der Waals surface area contributed by atoms with Gasteiger partial charge in [0.15, 0.2) is 0 Å². The molecule has 1 heterocycles. The summed E-state index contributed by atoms with van der Waals surface area (Å²) in [5.41, 5.74) is 7.05. The first-order valence-corrected chi connectivity index (χ1v) is 10.5. The van der Waals surface area contributed by atoms with E-state index in [1.807, 2.05) is 0 Å². The van der Waals surface area contributed by atoms with Crippen LogP contribution in [0.3, 0.4) is 0 Å². The van der Waals surface area contributed by atoms with Crippen LogP contribution in [0.5, 0.6) is 5.75 Å². The number of halogens is 3. The van der Waals surface area contributed by atoms with Crippen LogP contribution in [0, 0.1) is 0 Å². The molecule has 9 heteroatoms. The van der Waals surface area contributed by atoms with Crippen LogP contribution in [0.25, 0.3) is 33.1 Å². The van der Waals surface area contributed by atoms with Gasteiger partial charge in [0.1, 0.15) is 16.9 Å². The minimum absolute atomic E-state index is 0.248. The molecule has 0 aliphatic heterocycles. The van der Waals surface area contributed by atoms with E-state index in [4.69, 9.17) is 10.2 Å². The molecular weight excluding hydrogens is 451 g/mol. The highest BCUT2D eigenvalue weighted by Crippen LogP contribution is 2.30. The van der Waals surface area contributed by atoms with Gasteiger partial charge in [-0.05, 0) is 65.9 Å². The minimum atomic E-state index is -4.80. The molecule has 0 radical (unpaired) electrons. The first kappa shape index (κ1) is 23.7. The van der Waals surface area contributed by atoms with E-state index in [0.717, 1.165) is 5.56 Å². The molecule has 4 aromatic rings. The van der Waals surface area contributed by atoms with Crippen molar-refractivity contribution in [1.82, 2.24) is 0 Å². The predicted molar refractivity (Wildman–Crippen MR) is 122 cm³/mol. The largest absolute Gasteiger partial charge is 0.573 e. The molecule has 0 atom stereocenters. The average molecular weight is 473 g/mol. The fourth-order valence-electron chi connectivity index (χ4n) is 3.71. The second-order valence-corrected chi connectivity index (χ2v) is 8.23. The predicted octanol–water partition coefficient (Wildman–Crippen LogP) is 4.13. The van der Waals surface area contributed by atoms with Gasteiger partial charge in [-0.25, -0.2) is 0 Å². The third-order valence-electron chi connectivity index (χ3n) is 5.68. The summed E-state index contributed by atoms with van der Waals surface area (Å²) >= 11 is 0. The van der Waals surface area contributed by atoms with Crippen LogP contribution in [0.1, 0.15) is 12.0 Å².